The molecule has 0 bridgehead atoms. The summed E-state index contributed by atoms with van der Waals surface area (Å²) in [6.45, 7) is 9.97. The van der Waals surface area contributed by atoms with Crippen molar-refractivity contribution in [2.45, 2.75) is 32.6 Å². The molecule has 4 aromatic heterocycles. The maximum atomic E-state index is 14.0. The van der Waals surface area contributed by atoms with Gasteiger partial charge in [0.1, 0.15) is 11.5 Å². The molecular weight excluding hydrogens is 499 g/mol. The molecule has 1 aliphatic rings. The SMILES string of the molecule is C=C(/C=c1/c(-c2cc3c(-c4cccc(F)c4)nccc3[nH]2)n[nH]/c1=C/C)c1cncc(CCCN2CCCC2)c1. The van der Waals surface area contributed by atoms with Crippen molar-refractivity contribution in [1.29, 1.82) is 0 Å². The second-order valence-electron chi connectivity index (χ2n) is 10.4. The molecule has 7 heteroatoms. The molecule has 1 aromatic carbocycles. The average Bonchev–Trinajstić information content (AvgIpc) is 3.73. The van der Waals surface area contributed by atoms with Gasteiger partial charge in [0.2, 0.25) is 0 Å². The molecule has 5 heterocycles. The first-order valence-corrected chi connectivity index (χ1v) is 13.9. The van der Waals surface area contributed by atoms with Crippen molar-refractivity contribution < 1.29 is 4.39 Å². The molecule has 0 spiro atoms. The molecule has 6 nitrogen and oxygen atoms in total. The Balaban J connectivity index is 1.32. The summed E-state index contributed by atoms with van der Waals surface area (Å²) < 4.78 is 14.0. The number of aromatic nitrogens is 5. The third-order valence-corrected chi connectivity index (χ3v) is 7.65. The van der Waals surface area contributed by atoms with Crippen molar-refractivity contribution >= 4 is 28.6 Å². The first-order chi connectivity index (χ1) is 19.6. The number of fused-ring (bicyclic) bond motifs is 1. The molecule has 1 saturated heterocycles. The summed E-state index contributed by atoms with van der Waals surface area (Å²) in [5.41, 5.74) is 7.09. The second-order valence-corrected chi connectivity index (χ2v) is 10.4. The molecule has 0 radical (unpaired) electrons. The molecule has 5 aromatic rings. The van der Waals surface area contributed by atoms with Gasteiger partial charge in [0.15, 0.2) is 0 Å². The van der Waals surface area contributed by atoms with E-state index >= 15 is 0 Å². The van der Waals surface area contributed by atoms with Crippen molar-refractivity contribution in [2.75, 3.05) is 19.6 Å². The van der Waals surface area contributed by atoms with Crippen LogP contribution in [-0.2, 0) is 6.42 Å². The normalized spacial score (nSPS) is 14.9. The number of rotatable bonds is 8. The molecule has 0 amide bonds. The van der Waals surface area contributed by atoms with E-state index < -0.39 is 0 Å². The molecule has 2 N–H and O–H groups in total. The third-order valence-electron chi connectivity index (χ3n) is 7.65. The predicted octanol–water partition coefficient (Wildman–Crippen LogP) is 5.48. The van der Waals surface area contributed by atoms with Gasteiger partial charge in [-0.15, -0.1) is 0 Å². The minimum atomic E-state index is -0.289. The molecule has 1 aliphatic heterocycles. The first kappa shape index (κ1) is 25.9. The van der Waals surface area contributed by atoms with Crippen LogP contribution in [-0.4, -0.2) is 49.7 Å². The number of nitrogens with zero attached hydrogens (tertiary/aromatic N) is 4. The smallest absolute Gasteiger partial charge is 0.123 e. The van der Waals surface area contributed by atoms with E-state index in [-0.39, 0.29) is 5.82 Å². The molecular formula is C33H33FN6. The maximum absolute atomic E-state index is 14.0. The van der Waals surface area contributed by atoms with Gasteiger partial charge in [0, 0.05) is 40.3 Å². The van der Waals surface area contributed by atoms with Gasteiger partial charge >= 0.3 is 0 Å². The van der Waals surface area contributed by atoms with Crippen LogP contribution >= 0.6 is 0 Å². The second kappa shape index (κ2) is 11.4. The molecule has 0 aliphatic carbocycles. The highest BCUT2D eigenvalue weighted by Gasteiger charge is 2.14. The summed E-state index contributed by atoms with van der Waals surface area (Å²) in [7, 11) is 0. The van der Waals surface area contributed by atoms with Crippen molar-refractivity contribution in [3.8, 4) is 22.6 Å². The molecule has 202 valence electrons. The fourth-order valence-electron chi connectivity index (χ4n) is 5.55. The van der Waals surface area contributed by atoms with Crippen molar-refractivity contribution in [1.82, 2.24) is 30.0 Å². The molecule has 40 heavy (non-hydrogen) atoms. The van der Waals surface area contributed by atoms with Gasteiger partial charge in [0.05, 0.1) is 16.7 Å². The molecule has 6 rings (SSSR count). The van der Waals surface area contributed by atoms with E-state index in [0.717, 1.165) is 74.6 Å². The fourth-order valence-corrected chi connectivity index (χ4v) is 5.55. The van der Waals surface area contributed by atoms with E-state index in [0.29, 0.717) is 0 Å². The number of pyridine rings is 2. The van der Waals surface area contributed by atoms with Crippen LogP contribution in [0.3, 0.4) is 0 Å². The Morgan fingerprint density at radius 3 is 2.80 bits per heavy atom. The summed E-state index contributed by atoms with van der Waals surface area (Å²) in [6.07, 6.45) is 14.4. The van der Waals surface area contributed by atoms with E-state index in [1.807, 2.05) is 43.6 Å². The van der Waals surface area contributed by atoms with E-state index in [4.69, 9.17) is 0 Å². The van der Waals surface area contributed by atoms with Crippen LogP contribution in [0.1, 0.15) is 37.3 Å². The van der Waals surface area contributed by atoms with Gasteiger partial charge in [0.25, 0.3) is 0 Å². The van der Waals surface area contributed by atoms with Crippen molar-refractivity contribution in [3.05, 3.63) is 95.1 Å². The lowest BCUT2D eigenvalue weighted by Gasteiger charge is -2.14. The number of nitrogens with one attached hydrogen (secondary N) is 2. The first-order valence-electron chi connectivity index (χ1n) is 13.9. The Morgan fingerprint density at radius 2 is 1.98 bits per heavy atom. The lowest BCUT2D eigenvalue weighted by atomic mass is 10.0. The highest BCUT2D eigenvalue weighted by molar-refractivity contribution is 5.96. The molecule has 0 saturated carbocycles. The number of allylic oxidation sites excluding steroid dienone is 1. The van der Waals surface area contributed by atoms with Crippen LogP contribution in [0.4, 0.5) is 4.39 Å². The minimum absolute atomic E-state index is 0.289. The van der Waals surface area contributed by atoms with Gasteiger partial charge < -0.3 is 9.88 Å². The Hall–Kier alpha value is -4.36. The van der Waals surface area contributed by atoms with E-state index in [2.05, 4.69) is 48.8 Å². The number of aromatic amines is 2. The number of H-pyrrole nitrogens is 2. The fraction of sp³-hybridized carbons (Fsp3) is 0.242. The average molecular weight is 533 g/mol. The number of aryl methyl sites for hydroxylation is 1. The highest BCUT2D eigenvalue weighted by Crippen LogP contribution is 2.29. The van der Waals surface area contributed by atoms with Gasteiger partial charge in [-0.3, -0.25) is 15.1 Å². The van der Waals surface area contributed by atoms with Crippen molar-refractivity contribution in [2.24, 2.45) is 0 Å². The van der Waals surface area contributed by atoms with Crippen LogP contribution in [0.25, 0.3) is 51.3 Å². The van der Waals surface area contributed by atoms with E-state index in [9.17, 15) is 4.39 Å². The number of hydrogen-bond donors (Lipinski definition) is 2. The Morgan fingerprint density at radius 1 is 1.10 bits per heavy atom. The van der Waals surface area contributed by atoms with Crippen LogP contribution in [0.2, 0.25) is 0 Å². The summed E-state index contributed by atoms with van der Waals surface area (Å²) >= 11 is 0. The Kier molecular flexibility index (Phi) is 7.38. The monoisotopic (exact) mass is 532 g/mol. The summed E-state index contributed by atoms with van der Waals surface area (Å²) in [4.78, 5) is 15.1. The quantitative estimate of drug-likeness (QED) is 0.278. The molecule has 1 fully saturated rings. The van der Waals surface area contributed by atoms with Gasteiger partial charge in [-0.2, -0.15) is 5.10 Å². The van der Waals surface area contributed by atoms with Crippen LogP contribution < -0.4 is 10.6 Å². The minimum Gasteiger partial charge on any atom is -0.353 e. The van der Waals surface area contributed by atoms with Crippen molar-refractivity contribution in [3.63, 3.8) is 0 Å². The zero-order valence-corrected chi connectivity index (χ0v) is 22.8. The molecule has 0 unspecified atom stereocenters. The summed E-state index contributed by atoms with van der Waals surface area (Å²) in [5.74, 6) is -0.289. The van der Waals surface area contributed by atoms with E-state index in [1.165, 1.54) is 43.6 Å². The lowest BCUT2D eigenvalue weighted by Crippen LogP contribution is -2.23. The van der Waals surface area contributed by atoms with Crippen LogP contribution in [0.15, 0.2) is 67.6 Å². The van der Waals surface area contributed by atoms with E-state index in [1.54, 1.807) is 12.3 Å². The standard InChI is InChI=1S/C33H33FN6/c1-3-29-27(16-22(2)25-17-23(20-35-21-25)8-7-15-40-13-4-5-14-40)33(39-38-29)31-19-28-30(37-31)11-12-36-32(28)24-9-6-10-26(34)18-24/h3,6,9-12,16-21,37-38H,2,4-5,7-8,13-15H2,1H3/b27-16+,29-3+. The zero-order chi connectivity index (χ0) is 27.5. The van der Waals surface area contributed by atoms with Crippen LogP contribution in [0, 0.1) is 5.82 Å². The zero-order valence-electron chi connectivity index (χ0n) is 22.8. The number of likely N-dealkylation sites (tertiary alicyclic amines) is 1. The number of halogens is 1. The maximum Gasteiger partial charge on any atom is 0.123 e. The Labute approximate surface area is 233 Å². The summed E-state index contributed by atoms with van der Waals surface area (Å²) in [6, 6.07) is 12.7. The largest absolute Gasteiger partial charge is 0.353 e. The lowest BCUT2D eigenvalue weighted by molar-refractivity contribution is 0.334. The van der Waals surface area contributed by atoms with Gasteiger partial charge in [-0.1, -0.05) is 24.8 Å². The topological polar surface area (TPSA) is 73.5 Å². The predicted molar refractivity (Wildman–Crippen MR) is 160 cm³/mol. The third kappa shape index (κ3) is 5.38. The highest BCUT2D eigenvalue weighted by atomic mass is 19.1. The van der Waals surface area contributed by atoms with Crippen LogP contribution in [0.5, 0.6) is 0 Å². The summed E-state index contributed by atoms with van der Waals surface area (Å²) in [5, 5.41) is 10.6. The van der Waals surface area contributed by atoms with Gasteiger partial charge in [-0.05, 0) is 105 Å². The number of benzene rings is 1. The van der Waals surface area contributed by atoms with Gasteiger partial charge in [-0.25, -0.2) is 4.39 Å². The Bertz CT molecular complexity index is 1790. The number of hydrogen-bond acceptors (Lipinski definition) is 4. The molecule has 0 atom stereocenters.